The van der Waals surface area contributed by atoms with E-state index in [-0.39, 0.29) is 22.4 Å². The van der Waals surface area contributed by atoms with Crippen LogP contribution in [0.3, 0.4) is 0 Å². The highest BCUT2D eigenvalue weighted by molar-refractivity contribution is 5.91. The van der Waals surface area contributed by atoms with Crippen LogP contribution in [0, 0.1) is 6.92 Å². The van der Waals surface area contributed by atoms with Crippen molar-refractivity contribution < 1.29 is 50.1 Å². The molecule has 3 aromatic rings. The van der Waals surface area contributed by atoms with Crippen molar-refractivity contribution in [1.29, 1.82) is 0 Å². The maximum atomic E-state index is 13.8. The third-order valence-corrected chi connectivity index (χ3v) is 4.65. The highest BCUT2D eigenvalue weighted by Crippen LogP contribution is 2.43. The monoisotopic (exact) mass is 489 g/mol. The fourth-order valence-corrected chi connectivity index (χ4v) is 3.15. The van der Waals surface area contributed by atoms with Crippen LogP contribution in [0.4, 0.5) is 31.1 Å². The average molecular weight is 489 g/mol. The summed E-state index contributed by atoms with van der Waals surface area (Å²) in [5.74, 6) is -1.49. The molecule has 3 rings (SSSR count). The topological polar surface area (TPSA) is 66.9 Å². The number of rotatable bonds is 5. The van der Waals surface area contributed by atoms with Crippen LogP contribution in [0.5, 0.6) is 23.0 Å². The number of fused-ring (bicyclic) bond motifs is 1. The van der Waals surface area contributed by atoms with E-state index in [0.717, 1.165) is 43.5 Å². The third kappa shape index (κ3) is 5.61. The van der Waals surface area contributed by atoms with Gasteiger partial charge in [-0.1, -0.05) is 6.92 Å². The fourth-order valence-electron chi connectivity index (χ4n) is 3.15. The first-order chi connectivity index (χ1) is 15.8. The second kappa shape index (κ2) is 9.27. The first kappa shape index (κ1) is 24.9. The number of methoxy groups -OCH3 is 1. The molecule has 12 heteroatoms. The number of benzene rings is 2. The van der Waals surface area contributed by atoms with Crippen molar-refractivity contribution in [1.82, 2.24) is 4.98 Å². The molecule has 182 valence electrons. The summed E-state index contributed by atoms with van der Waals surface area (Å²) < 4.78 is 97.2. The molecular formula is C22H17F6NO5. The van der Waals surface area contributed by atoms with Crippen LogP contribution in [-0.4, -0.2) is 24.6 Å². The first-order valence-electron chi connectivity index (χ1n) is 9.66. The molecule has 34 heavy (non-hydrogen) atoms. The summed E-state index contributed by atoms with van der Waals surface area (Å²) in [5, 5.41) is 0.0418. The highest BCUT2D eigenvalue weighted by Gasteiger charge is 2.36. The van der Waals surface area contributed by atoms with Gasteiger partial charge < -0.3 is 18.9 Å². The van der Waals surface area contributed by atoms with Crippen molar-refractivity contribution in [2.45, 2.75) is 32.8 Å². The fraction of sp³-hybridized carbons (Fsp3) is 0.273. The lowest BCUT2D eigenvalue weighted by atomic mass is 10.0. The number of ether oxygens (including phenoxy) is 4. The van der Waals surface area contributed by atoms with Gasteiger partial charge in [-0.25, -0.2) is 4.79 Å². The Hall–Kier alpha value is -3.70. The molecular weight excluding hydrogens is 472 g/mol. The summed E-state index contributed by atoms with van der Waals surface area (Å²) in [6.07, 6.45) is -10.5. The largest absolute Gasteiger partial charge is 0.573 e. The van der Waals surface area contributed by atoms with E-state index in [1.54, 1.807) is 13.8 Å². The number of hydrogen-bond donors (Lipinski definition) is 0. The minimum atomic E-state index is -4.93. The molecule has 0 bridgehead atoms. The average Bonchev–Trinajstić information content (AvgIpc) is 2.74. The van der Waals surface area contributed by atoms with Crippen LogP contribution in [0.25, 0.3) is 10.9 Å². The van der Waals surface area contributed by atoms with Gasteiger partial charge in [0, 0.05) is 16.6 Å². The van der Waals surface area contributed by atoms with Crippen LogP contribution in [0.1, 0.15) is 23.7 Å². The molecule has 0 unspecified atom stereocenters. The van der Waals surface area contributed by atoms with Gasteiger partial charge in [0.1, 0.15) is 28.6 Å². The molecule has 1 aromatic heterocycles. The molecule has 0 atom stereocenters. The molecule has 0 saturated carbocycles. The molecule has 0 saturated heterocycles. The third-order valence-electron chi connectivity index (χ3n) is 4.65. The Balaban J connectivity index is 2.14. The van der Waals surface area contributed by atoms with Crippen LogP contribution in [0.2, 0.25) is 0 Å². The molecule has 2 aromatic carbocycles. The minimum absolute atomic E-state index is 0.0418. The molecule has 0 radical (unpaired) electrons. The zero-order chi connectivity index (χ0) is 25.3. The van der Waals surface area contributed by atoms with Crippen LogP contribution in [-0.2, 0) is 17.3 Å². The molecule has 0 aliphatic carbocycles. The zero-order valence-electron chi connectivity index (χ0n) is 17.9. The zero-order valence-corrected chi connectivity index (χ0v) is 17.9. The lowest BCUT2D eigenvalue weighted by molar-refractivity contribution is -0.274. The van der Waals surface area contributed by atoms with E-state index in [2.05, 4.69) is 14.5 Å². The van der Waals surface area contributed by atoms with E-state index in [1.807, 2.05) is 0 Å². The minimum Gasteiger partial charge on any atom is -0.457 e. The molecule has 0 aliphatic rings. The van der Waals surface area contributed by atoms with Crippen molar-refractivity contribution >= 4 is 17.1 Å². The van der Waals surface area contributed by atoms with Crippen molar-refractivity contribution in [2.75, 3.05) is 7.11 Å². The molecule has 0 spiro atoms. The first-order valence-corrected chi connectivity index (χ1v) is 9.66. The predicted octanol–water partition coefficient (Wildman–Crippen LogP) is 6.96. The highest BCUT2D eigenvalue weighted by atomic mass is 19.4. The van der Waals surface area contributed by atoms with Gasteiger partial charge in [0.15, 0.2) is 0 Å². The number of nitrogens with zero attached hydrogens (tertiary/aromatic N) is 1. The summed E-state index contributed by atoms with van der Waals surface area (Å²) in [4.78, 5) is 16.0. The number of aromatic nitrogens is 1. The van der Waals surface area contributed by atoms with Gasteiger partial charge in [-0.15, -0.1) is 13.2 Å². The van der Waals surface area contributed by atoms with Crippen LogP contribution in [0.15, 0.2) is 36.4 Å². The van der Waals surface area contributed by atoms with Gasteiger partial charge in [-0.05, 0) is 49.7 Å². The maximum Gasteiger partial charge on any atom is 0.573 e. The standard InChI is InChI=1S/C22H17F6NO5/c1-4-16-11(2)19(33-20(30)31-3)14-9-18(15(21(23,24)25)10-17(14)29-16)32-12-5-7-13(8-6-12)34-22(26,27)28/h5-10H,4H2,1-3H3. The van der Waals surface area contributed by atoms with Crippen molar-refractivity contribution in [3.05, 3.63) is 53.2 Å². The summed E-state index contributed by atoms with van der Waals surface area (Å²) in [5.41, 5.74) is -0.457. The number of carbonyl (C=O) groups excluding carboxylic acids is 1. The Morgan fingerprint density at radius 1 is 1.00 bits per heavy atom. The van der Waals surface area contributed by atoms with Crippen LogP contribution < -0.4 is 14.2 Å². The Morgan fingerprint density at radius 2 is 1.62 bits per heavy atom. The van der Waals surface area contributed by atoms with E-state index in [4.69, 9.17) is 9.47 Å². The number of pyridine rings is 1. The molecule has 0 N–H and O–H groups in total. The smallest absolute Gasteiger partial charge is 0.457 e. The van der Waals surface area contributed by atoms with Crippen molar-refractivity contribution in [3.8, 4) is 23.0 Å². The van der Waals surface area contributed by atoms with E-state index < -0.39 is 35.8 Å². The lowest BCUT2D eigenvalue weighted by Gasteiger charge is -2.18. The Bertz CT molecular complexity index is 1210. The molecule has 6 nitrogen and oxygen atoms in total. The molecule has 1 heterocycles. The van der Waals surface area contributed by atoms with Crippen molar-refractivity contribution in [3.63, 3.8) is 0 Å². The summed E-state index contributed by atoms with van der Waals surface area (Å²) in [6, 6.07) is 5.55. The quantitative estimate of drug-likeness (QED) is 0.285. The van der Waals surface area contributed by atoms with E-state index in [1.165, 1.54) is 0 Å². The second-order valence-electron chi connectivity index (χ2n) is 6.91. The number of hydrogen-bond acceptors (Lipinski definition) is 6. The van der Waals surface area contributed by atoms with Gasteiger partial charge in [0.2, 0.25) is 0 Å². The number of halogens is 6. The van der Waals surface area contributed by atoms with Gasteiger partial charge in [0.05, 0.1) is 12.6 Å². The summed E-state index contributed by atoms with van der Waals surface area (Å²) >= 11 is 0. The predicted molar refractivity (Wildman–Crippen MR) is 107 cm³/mol. The summed E-state index contributed by atoms with van der Waals surface area (Å²) in [7, 11) is 1.07. The van der Waals surface area contributed by atoms with Crippen molar-refractivity contribution in [2.24, 2.45) is 0 Å². The lowest BCUT2D eigenvalue weighted by Crippen LogP contribution is -2.16. The number of carbonyl (C=O) groups is 1. The van der Waals surface area contributed by atoms with Gasteiger partial charge in [-0.2, -0.15) is 13.2 Å². The summed E-state index contributed by atoms with van der Waals surface area (Å²) in [6.45, 7) is 3.32. The normalized spacial score (nSPS) is 11.9. The van der Waals surface area contributed by atoms with E-state index in [0.29, 0.717) is 17.7 Å². The van der Waals surface area contributed by atoms with Gasteiger partial charge in [-0.3, -0.25) is 4.98 Å². The van der Waals surface area contributed by atoms with E-state index in [9.17, 15) is 31.1 Å². The molecule has 0 fully saturated rings. The Kier molecular flexibility index (Phi) is 6.80. The number of alkyl halides is 6. The number of aryl methyl sites for hydroxylation is 1. The Labute approximate surface area is 189 Å². The van der Waals surface area contributed by atoms with E-state index >= 15 is 0 Å². The SMILES string of the molecule is CCc1nc2cc(C(F)(F)F)c(Oc3ccc(OC(F)(F)F)cc3)cc2c(OC(=O)OC)c1C. The molecule has 0 amide bonds. The van der Waals surface area contributed by atoms with Gasteiger partial charge >= 0.3 is 18.7 Å². The maximum absolute atomic E-state index is 13.8. The van der Waals surface area contributed by atoms with Crippen LogP contribution >= 0.6 is 0 Å². The van der Waals surface area contributed by atoms with Gasteiger partial charge in [0.25, 0.3) is 0 Å². The Morgan fingerprint density at radius 3 is 2.15 bits per heavy atom. The second-order valence-corrected chi connectivity index (χ2v) is 6.91. The molecule has 0 aliphatic heterocycles.